The highest BCUT2D eigenvalue weighted by Gasteiger charge is 2.51. The first-order valence-electron chi connectivity index (χ1n) is 9.73. The summed E-state index contributed by atoms with van der Waals surface area (Å²) in [4.78, 5) is 12.5. The lowest BCUT2D eigenvalue weighted by Gasteiger charge is -2.17. The van der Waals surface area contributed by atoms with Crippen LogP contribution in [0, 0.1) is 0 Å². The quantitative estimate of drug-likeness (QED) is 0.681. The van der Waals surface area contributed by atoms with Crippen molar-refractivity contribution in [2.75, 3.05) is 12.8 Å². The van der Waals surface area contributed by atoms with Gasteiger partial charge in [-0.2, -0.15) is 23.1 Å². The van der Waals surface area contributed by atoms with Gasteiger partial charge in [-0.05, 0) is 19.8 Å². The summed E-state index contributed by atoms with van der Waals surface area (Å²) in [5.41, 5.74) is 6.38. The molecule has 1 fully saturated rings. The van der Waals surface area contributed by atoms with Crippen LogP contribution >= 0.6 is 0 Å². The molecule has 3 rings (SSSR count). The van der Waals surface area contributed by atoms with Gasteiger partial charge in [0.2, 0.25) is 6.41 Å². The van der Waals surface area contributed by atoms with Gasteiger partial charge in [-0.25, -0.2) is 4.98 Å². The maximum atomic E-state index is 13.1. The van der Waals surface area contributed by atoms with Crippen molar-refractivity contribution < 1.29 is 32.5 Å². The molecule has 0 aromatic carbocycles. The summed E-state index contributed by atoms with van der Waals surface area (Å²) in [6.07, 6.45) is -4.36. The smallest absolute Gasteiger partial charge is 0.417 e. The number of rotatable bonds is 7. The van der Waals surface area contributed by atoms with Crippen molar-refractivity contribution in [3.05, 3.63) is 6.33 Å². The fourth-order valence-electron chi connectivity index (χ4n) is 3.18. The zero-order valence-electron chi connectivity index (χ0n) is 17.4. The second kappa shape index (κ2) is 10.2. The van der Waals surface area contributed by atoms with E-state index in [0.717, 1.165) is 32.8 Å². The molecule has 0 saturated carbocycles. The second-order valence-corrected chi connectivity index (χ2v) is 6.78. The number of anilines is 1. The van der Waals surface area contributed by atoms with E-state index >= 15 is 0 Å². The highest BCUT2D eigenvalue weighted by molar-refractivity contribution is 5.81. The number of hydrogen-bond acceptors (Lipinski definition) is 8. The summed E-state index contributed by atoms with van der Waals surface area (Å²) in [6.45, 7) is 5.40. The minimum absolute atomic E-state index is 0.0528. The van der Waals surface area contributed by atoms with Crippen LogP contribution in [0.2, 0.25) is 0 Å². The zero-order chi connectivity index (χ0) is 22.5. The molecule has 2 aromatic heterocycles. The number of aliphatic hydroxyl groups excluding tert-OH is 1. The lowest BCUT2D eigenvalue weighted by molar-refractivity contribution is -0.226. The normalized spacial score (nSPS) is 21.7. The molecular weight excluding hydrogens is 407 g/mol. The highest BCUT2D eigenvalue weighted by atomic mass is 19.4. The Bertz CT molecular complexity index is 811. The lowest BCUT2D eigenvalue weighted by Crippen LogP contribution is -2.35. The third kappa shape index (κ3) is 5.29. The minimum atomic E-state index is -4.54. The zero-order valence-corrected chi connectivity index (χ0v) is 17.4. The number of halogens is 3. The molecule has 0 radical (unpaired) electrons. The maximum Gasteiger partial charge on any atom is 0.417 e. The largest absolute Gasteiger partial charge is 0.460 e. The number of nitrogens with two attached hydrogens (primary N) is 1. The maximum absolute atomic E-state index is 13.1. The Labute approximate surface area is 172 Å². The SMILES string of the molecule is CCCC(CCC)Oc1nc(N)c2ncn(C3OC(C)C(C(F)(F)F)O3)c2n1.CO. The fourth-order valence-corrected chi connectivity index (χ4v) is 3.18. The topological polar surface area (TPSA) is 118 Å². The van der Waals surface area contributed by atoms with Crippen LogP contribution in [0.1, 0.15) is 52.9 Å². The molecule has 0 amide bonds. The van der Waals surface area contributed by atoms with E-state index in [1.54, 1.807) is 0 Å². The molecule has 1 aliphatic heterocycles. The van der Waals surface area contributed by atoms with Crippen LogP contribution in [0.5, 0.6) is 6.01 Å². The first-order chi connectivity index (χ1) is 14.2. The van der Waals surface area contributed by atoms with Gasteiger partial charge < -0.3 is 25.1 Å². The summed E-state index contributed by atoms with van der Waals surface area (Å²) < 4.78 is 56.7. The van der Waals surface area contributed by atoms with Crippen LogP contribution in [-0.4, -0.2) is 56.2 Å². The number of alkyl halides is 3. The van der Waals surface area contributed by atoms with Crippen molar-refractivity contribution >= 4 is 17.0 Å². The average Bonchev–Trinajstić information content (AvgIpc) is 3.27. The molecule has 3 heterocycles. The first-order valence-corrected chi connectivity index (χ1v) is 9.73. The van der Waals surface area contributed by atoms with Crippen LogP contribution in [0.25, 0.3) is 11.2 Å². The molecule has 1 saturated heterocycles. The Balaban J connectivity index is 0.00000155. The van der Waals surface area contributed by atoms with E-state index in [1.807, 2.05) is 13.8 Å². The average molecular weight is 435 g/mol. The van der Waals surface area contributed by atoms with Gasteiger partial charge in [-0.3, -0.25) is 4.57 Å². The van der Waals surface area contributed by atoms with Crippen LogP contribution in [0.4, 0.5) is 19.0 Å². The molecule has 0 bridgehead atoms. The molecule has 30 heavy (non-hydrogen) atoms. The van der Waals surface area contributed by atoms with E-state index < -0.39 is 24.8 Å². The van der Waals surface area contributed by atoms with Crippen molar-refractivity contribution in [1.82, 2.24) is 19.5 Å². The van der Waals surface area contributed by atoms with Gasteiger partial charge in [-0.1, -0.05) is 26.7 Å². The van der Waals surface area contributed by atoms with Crippen LogP contribution < -0.4 is 10.5 Å². The number of aliphatic hydroxyl groups is 1. The van der Waals surface area contributed by atoms with E-state index in [0.29, 0.717) is 0 Å². The standard InChI is InChI=1S/C17H24F3N5O3.CH4O/c1-4-6-10(7-5-2)27-15-23-13(21)11-14(24-15)25(8-22-11)16-26-9(3)12(28-16)17(18,19)20;1-2/h8-10,12,16H,4-7H2,1-3H3,(H2,21,23,24);2H,1H3. The number of fused-ring (bicyclic) bond motifs is 1. The van der Waals surface area contributed by atoms with Crippen molar-refractivity contribution in [3.63, 3.8) is 0 Å². The van der Waals surface area contributed by atoms with Gasteiger partial charge in [-0.15, -0.1) is 0 Å². The Morgan fingerprint density at radius 2 is 1.83 bits per heavy atom. The van der Waals surface area contributed by atoms with E-state index in [4.69, 9.17) is 25.1 Å². The molecule has 170 valence electrons. The number of ether oxygens (including phenoxy) is 3. The third-order valence-electron chi connectivity index (χ3n) is 4.49. The van der Waals surface area contributed by atoms with Gasteiger partial charge >= 0.3 is 12.2 Å². The molecule has 2 aromatic rings. The lowest BCUT2D eigenvalue weighted by atomic mass is 10.1. The van der Waals surface area contributed by atoms with E-state index in [1.165, 1.54) is 17.8 Å². The van der Waals surface area contributed by atoms with Gasteiger partial charge in [0.25, 0.3) is 0 Å². The summed E-state index contributed by atoms with van der Waals surface area (Å²) in [6, 6.07) is 0.0528. The molecule has 3 unspecified atom stereocenters. The van der Waals surface area contributed by atoms with Crippen LogP contribution in [0.3, 0.4) is 0 Å². The van der Waals surface area contributed by atoms with Crippen LogP contribution in [0.15, 0.2) is 6.33 Å². The van der Waals surface area contributed by atoms with Gasteiger partial charge in [0.05, 0.1) is 6.10 Å². The Hall–Kier alpha value is -2.18. The number of nitrogens with zero attached hydrogens (tertiary/aromatic N) is 4. The predicted molar refractivity (Wildman–Crippen MR) is 103 cm³/mol. The number of hydrogen-bond donors (Lipinski definition) is 2. The predicted octanol–water partition coefficient (Wildman–Crippen LogP) is 3.19. The van der Waals surface area contributed by atoms with Crippen molar-refractivity contribution in [2.24, 2.45) is 0 Å². The van der Waals surface area contributed by atoms with Crippen LogP contribution in [-0.2, 0) is 9.47 Å². The van der Waals surface area contributed by atoms with Crippen molar-refractivity contribution in [2.45, 2.75) is 77.4 Å². The molecule has 12 heteroatoms. The number of aromatic nitrogens is 4. The summed E-state index contributed by atoms with van der Waals surface area (Å²) in [7, 11) is 1.00. The molecule has 1 aliphatic rings. The molecule has 3 N–H and O–H groups in total. The van der Waals surface area contributed by atoms with Crippen molar-refractivity contribution in [3.8, 4) is 6.01 Å². The third-order valence-corrected chi connectivity index (χ3v) is 4.49. The molecule has 3 atom stereocenters. The van der Waals surface area contributed by atoms with Gasteiger partial charge in [0.1, 0.15) is 12.4 Å². The highest BCUT2D eigenvalue weighted by Crippen LogP contribution is 2.38. The van der Waals surface area contributed by atoms with Gasteiger partial charge in [0.15, 0.2) is 23.1 Å². The van der Waals surface area contributed by atoms with E-state index in [2.05, 4.69) is 15.0 Å². The molecule has 0 spiro atoms. The molecule has 0 aliphatic carbocycles. The summed E-state index contributed by atoms with van der Waals surface area (Å²) >= 11 is 0. The minimum Gasteiger partial charge on any atom is -0.460 e. The van der Waals surface area contributed by atoms with Gasteiger partial charge in [0, 0.05) is 7.11 Å². The van der Waals surface area contributed by atoms with Crippen molar-refractivity contribution in [1.29, 1.82) is 0 Å². The Kier molecular flexibility index (Phi) is 8.21. The Morgan fingerprint density at radius 3 is 2.37 bits per heavy atom. The van der Waals surface area contributed by atoms with E-state index in [-0.39, 0.29) is 29.1 Å². The Morgan fingerprint density at radius 1 is 1.20 bits per heavy atom. The molecule has 9 nitrogen and oxygen atoms in total. The number of imidazole rings is 1. The second-order valence-electron chi connectivity index (χ2n) is 6.78. The fraction of sp³-hybridized carbons (Fsp3) is 0.722. The first kappa shape index (κ1) is 24.1. The monoisotopic (exact) mass is 435 g/mol. The molecular formula is C18H28F3N5O4. The van der Waals surface area contributed by atoms with E-state index in [9.17, 15) is 13.2 Å². The summed E-state index contributed by atoms with van der Waals surface area (Å²) in [5.74, 6) is 0.0731. The summed E-state index contributed by atoms with van der Waals surface area (Å²) in [5, 5.41) is 7.00. The number of nitrogen functional groups attached to an aromatic ring is 1.